The third kappa shape index (κ3) is 2.58. The molecule has 24 heavy (non-hydrogen) atoms. The third-order valence-electron chi connectivity index (χ3n) is 4.24. The summed E-state index contributed by atoms with van der Waals surface area (Å²) < 4.78 is 46.9. The average Bonchev–Trinajstić information content (AvgIpc) is 2.59. The third-order valence-corrected chi connectivity index (χ3v) is 4.24. The first-order chi connectivity index (χ1) is 11.4. The lowest BCUT2D eigenvalue weighted by Crippen LogP contribution is -2.47. The normalized spacial score (nSPS) is 19.7. The summed E-state index contributed by atoms with van der Waals surface area (Å²) in [6.07, 6.45) is -3.26. The fraction of sp³-hybridized carbons (Fsp3) is 0.222. The molecule has 0 aliphatic carbocycles. The van der Waals surface area contributed by atoms with Crippen LogP contribution in [0.1, 0.15) is 21.5 Å². The topological polar surface area (TPSA) is 38.7 Å². The molecule has 0 N–H and O–H groups in total. The van der Waals surface area contributed by atoms with E-state index < -0.39 is 11.6 Å². The van der Waals surface area contributed by atoms with Crippen molar-refractivity contribution in [3.8, 4) is 5.75 Å². The van der Waals surface area contributed by atoms with Gasteiger partial charge < -0.3 is 4.74 Å². The highest BCUT2D eigenvalue weighted by Crippen LogP contribution is 2.46. The van der Waals surface area contributed by atoms with Crippen LogP contribution < -0.4 is 4.74 Å². The number of fused-ring (bicyclic) bond motifs is 1. The molecule has 1 heterocycles. The molecular formula is C18H14F3NO2. The Kier molecular flexibility index (Phi) is 3.91. The van der Waals surface area contributed by atoms with Gasteiger partial charge >= 0.3 is 6.18 Å². The van der Waals surface area contributed by atoms with Crippen molar-refractivity contribution in [2.45, 2.75) is 18.0 Å². The summed E-state index contributed by atoms with van der Waals surface area (Å²) in [5.74, 6) is 0.479. The maximum atomic E-state index is 13.9. The zero-order chi connectivity index (χ0) is 17.4. The van der Waals surface area contributed by atoms with Gasteiger partial charge in [0.25, 0.3) is 0 Å². The SMILES string of the molecule is COc1ccc([C@@]2(C(F)(F)F)C=Nc3ccc(C=O)cc3C2)cc1. The van der Waals surface area contributed by atoms with Gasteiger partial charge in [0.05, 0.1) is 12.8 Å². The van der Waals surface area contributed by atoms with Crippen molar-refractivity contribution in [2.24, 2.45) is 4.99 Å². The van der Waals surface area contributed by atoms with E-state index in [1.165, 1.54) is 43.5 Å². The molecule has 0 spiro atoms. The molecule has 3 nitrogen and oxygen atoms in total. The maximum Gasteiger partial charge on any atom is 0.403 e. The molecule has 0 amide bonds. The van der Waals surface area contributed by atoms with Crippen LogP contribution in [0, 0.1) is 0 Å². The quantitative estimate of drug-likeness (QED) is 0.787. The molecule has 124 valence electrons. The predicted octanol–water partition coefficient (Wildman–Crippen LogP) is 4.27. The Morgan fingerprint density at radius 2 is 1.88 bits per heavy atom. The van der Waals surface area contributed by atoms with E-state index in [9.17, 15) is 18.0 Å². The van der Waals surface area contributed by atoms with E-state index in [-0.39, 0.29) is 12.0 Å². The van der Waals surface area contributed by atoms with Gasteiger partial charge in [0, 0.05) is 11.8 Å². The molecule has 1 aliphatic rings. The first-order valence-electron chi connectivity index (χ1n) is 7.24. The summed E-state index contributed by atoms with van der Waals surface area (Å²) in [4.78, 5) is 14.9. The number of ether oxygens (including phenoxy) is 1. The lowest BCUT2D eigenvalue weighted by Gasteiger charge is -2.35. The minimum atomic E-state index is -4.53. The number of carbonyl (C=O) groups excluding carboxylic acids is 1. The standard InChI is InChI=1S/C18H14F3NO2/c1-24-15-5-3-14(4-6-15)17(18(19,20)21)9-13-8-12(10-23)2-7-16(13)22-11-17/h2-8,10-11H,9H2,1H3/t17-/m0/s1. The summed E-state index contributed by atoms with van der Waals surface area (Å²) in [5.41, 5.74) is -0.962. The molecule has 2 aromatic rings. The molecule has 6 heteroatoms. The number of hydrogen-bond acceptors (Lipinski definition) is 3. The molecule has 0 radical (unpaired) electrons. The number of halogens is 3. The van der Waals surface area contributed by atoms with Crippen LogP contribution in [-0.4, -0.2) is 25.8 Å². The number of methoxy groups -OCH3 is 1. The van der Waals surface area contributed by atoms with Crippen LogP contribution in [0.4, 0.5) is 18.9 Å². The van der Waals surface area contributed by atoms with E-state index in [4.69, 9.17) is 4.74 Å². The fourth-order valence-corrected chi connectivity index (χ4v) is 2.87. The molecule has 1 atom stereocenters. The van der Waals surface area contributed by atoms with Gasteiger partial charge in [0.2, 0.25) is 0 Å². The summed E-state index contributed by atoms with van der Waals surface area (Å²) in [6, 6.07) is 10.3. The minimum absolute atomic E-state index is 0.0849. The second-order valence-corrected chi connectivity index (χ2v) is 5.64. The first kappa shape index (κ1) is 16.2. The molecule has 0 saturated carbocycles. The van der Waals surface area contributed by atoms with E-state index in [0.29, 0.717) is 28.8 Å². The van der Waals surface area contributed by atoms with Crippen molar-refractivity contribution in [1.82, 2.24) is 0 Å². The van der Waals surface area contributed by atoms with Gasteiger partial charge in [-0.15, -0.1) is 0 Å². The van der Waals surface area contributed by atoms with Crippen molar-refractivity contribution in [2.75, 3.05) is 7.11 Å². The van der Waals surface area contributed by atoms with E-state index >= 15 is 0 Å². The van der Waals surface area contributed by atoms with Crippen LogP contribution >= 0.6 is 0 Å². The summed E-state index contributed by atoms with van der Waals surface area (Å²) in [5, 5.41) is 0. The Hall–Kier alpha value is -2.63. The highest BCUT2D eigenvalue weighted by atomic mass is 19.4. The highest BCUT2D eigenvalue weighted by molar-refractivity contribution is 5.84. The molecule has 0 aromatic heterocycles. The monoisotopic (exact) mass is 333 g/mol. The summed E-state index contributed by atoms with van der Waals surface area (Å²) in [6.45, 7) is 0. The van der Waals surface area contributed by atoms with Crippen molar-refractivity contribution in [3.05, 3.63) is 59.2 Å². The van der Waals surface area contributed by atoms with Crippen molar-refractivity contribution in [3.63, 3.8) is 0 Å². The van der Waals surface area contributed by atoms with Crippen LogP contribution in [-0.2, 0) is 11.8 Å². The number of alkyl halides is 3. The van der Waals surface area contributed by atoms with Gasteiger partial charge in [-0.2, -0.15) is 13.2 Å². The molecule has 2 aromatic carbocycles. The van der Waals surface area contributed by atoms with Crippen LogP contribution in [0.2, 0.25) is 0 Å². The number of nitrogens with zero attached hydrogens (tertiary/aromatic N) is 1. The zero-order valence-corrected chi connectivity index (χ0v) is 12.8. The molecule has 0 saturated heterocycles. The molecule has 1 aliphatic heterocycles. The van der Waals surface area contributed by atoms with Crippen LogP contribution in [0.25, 0.3) is 0 Å². The van der Waals surface area contributed by atoms with Crippen molar-refractivity contribution < 1.29 is 22.7 Å². The number of aldehydes is 1. The van der Waals surface area contributed by atoms with E-state index in [0.717, 1.165) is 6.21 Å². The lowest BCUT2D eigenvalue weighted by molar-refractivity contribution is -0.168. The van der Waals surface area contributed by atoms with Gasteiger partial charge in [-0.1, -0.05) is 12.1 Å². The van der Waals surface area contributed by atoms with Crippen LogP contribution in [0.5, 0.6) is 5.75 Å². The van der Waals surface area contributed by atoms with E-state index in [2.05, 4.69) is 4.99 Å². The molecule has 3 rings (SSSR count). The number of aliphatic imine (C=N–C) groups is 1. The fourth-order valence-electron chi connectivity index (χ4n) is 2.87. The van der Waals surface area contributed by atoms with Gasteiger partial charge in [0.15, 0.2) is 0 Å². The van der Waals surface area contributed by atoms with Gasteiger partial charge in [0.1, 0.15) is 17.5 Å². The number of carbonyl (C=O) groups is 1. The Bertz CT molecular complexity index is 797. The Labute approximate surface area is 136 Å². The summed E-state index contributed by atoms with van der Waals surface area (Å²) in [7, 11) is 1.45. The van der Waals surface area contributed by atoms with E-state index in [1.807, 2.05) is 0 Å². The van der Waals surface area contributed by atoms with Crippen LogP contribution in [0.3, 0.4) is 0 Å². The van der Waals surface area contributed by atoms with Crippen molar-refractivity contribution >= 4 is 18.2 Å². The van der Waals surface area contributed by atoms with Gasteiger partial charge in [-0.3, -0.25) is 9.79 Å². The largest absolute Gasteiger partial charge is 0.497 e. The van der Waals surface area contributed by atoms with E-state index in [1.54, 1.807) is 6.07 Å². The zero-order valence-electron chi connectivity index (χ0n) is 12.8. The number of benzene rings is 2. The van der Waals surface area contributed by atoms with Crippen LogP contribution in [0.15, 0.2) is 47.5 Å². The predicted molar refractivity (Wildman–Crippen MR) is 84.4 cm³/mol. The number of hydrogen-bond donors (Lipinski definition) is 0. The second kappa shape index (κ2) is 5.78. The maximum absolute atomic E-state index is 13.9. The van der Waals surface area contributed by atoms with Crippen molar-refractivity contribution in [1.29, 1.82) is 0 Å². The first-order valence-corrected chi connectivity index (χ1v) is 7.24. The number of rotatable bonds is 3. The minimum Gasteiger partial charge on any atom is -0.497 e. The molecule has 0 unspecified atom stereocenters. The average molecular weight is 333 g/mol. The van der Waals surface area contributed by atoms with Gasteiger partial charge in [-0.25, -0.2) is 0 Å². The smallest absolute Gasteiger partial charge is 0.403 e. The molecule has 0 bridgehead atoms. The highest BCUT2D eigenvalue weighted by Gasteiger charge is 2.56. The van der Waals surface area contributed by atoms with Gasteiger partial charge in [-0.05, 0) is 47.9 Å². The summed E-state index contributed by atoms with van der Waals surface area (Å²) >= 11 is 0. The molecule has 0 fully saturated rings. The Morgan fingerprint density at radius 3 is 2.46 bits per heavy atom. The second-order valence-electron chi connectivity index (χ2n) is 5.64. The Balaban J connectivity index is 2.13. The molecular weight excluding hydrogens is 319 g/mol. The lowest BCUT2D eigenvalue weighted by atomic mass is 9.74. The Morgan fingerprint density at radius 1 is 1.17 bits per heavy atom.